The number of amides is 1. The number of nitro groups is 1. The fraction of sp³-hybridized carbons (Fsp3) is 0. The van der Waals surface area contributed by atoms with E-state index >= 15 is 0 Å². The highest BCUT2D eigenvalue weighted by molar-refractivity contribution is 6.34. The zero-order valence-electron chi connectivity index (χ0n) is 9.92. The van der Waals surface area contributed by atoms with Gasteiger partial charge < -0.3 is 10.3 Å². The molecular formula is C12H8ClN3O4. The molecule has 0 saturated heterocycles. The van der Waals surface area contributed by atoms with E-state index in [9.17, 15) is 19.7 Å². The second-order valence-electron chi connectivity index (χ2n) is 3.80. The van der Waals surface area contributed by atoms with Crippen molar-refractivity contribution in [1.82, 2.24) is 4.98 Å². The summed E-state index contributed by atoms with van der Waals surface area (Å²) in [6.07, 6.45) is 2.63. The predicted octanol–water partition coefficient (Wildman–Crippen LogP) is 2.19. The van der Waals surface area contributed by atoms with E-state index in [1.54, 1.807) is 0 Å². The van der Waals surface area contributed by atoms with E-state index < -0.39 is 16.3 Å². The largest absolute Gasteiger partial charge is 0.367 e. The van der Waals surface area contributed by atoms with Crippen LogP contribution in [0.25, 0.3) is 0 Å². The first-order valence-electron chi connectivity index (χ1n) is 5.41. The molecule has 102 valence electrons. The third kappa shape index (κ3) is 2.83. The zero-order chi connectivity index (χ0) is 14.7. The number of nitrogens with zero attached hydrogens (tertiary/aromatic N) is 1. The SMILES string of the molecule is O=C(Nc1cc([N+](=O)[O-])ccc1Cl)c1c[nH]ccc1=O. The zero-order valence-corrected chi connectivity index (χ0v) is 10.7. The average Bonchev–Trinajstić information content (AvgIpc) is 2.41. The maximum absolute atomic E-state index is 11.9. The number of non-ortho nitro benzene ring substituents is 1. The summed E-state index contributed by atoms with van der Waals surface area (Å²) >= 11 is 5.85. The Bertz CT molecular complexity index is 741. The first kappa shape index (κ1) is 13.8. The van der Waals surface area contributed by atoms with Crippen LogP contribution in [0.2, 0.25) is 5.02 Å². The maximum Gasteiger partial charge on any atom is 0.271 e. The molecule has 0 radical (unpaired) electrons. The standard InChI is InChI=1S/C12H8ClN3O4/c13-9-2-1-7(16(19)20)5-10(9)15-12(18)8-6-14-4-3-11(8)17/h1-6H,(H,14,17)(H,15,18). The van der Waals surface area contributed by atoms with Gasteiger partial charge in [0.2, 0.25) is 0 Å². The van der Waals surface area contributed by atoms with E-state index in [4.69, 9.17) is 11.6 Å². The van der Waals surface area contributed by atoms with Crippen molar-refractivity contribution in [2.24, 2.45) is 0 Å². The van der Waals surface area contributed by atoms with Gasteiger partial charge in [0.05, 0.1) is 15.6 Å². The molecule has 7 nitrogen and oxygen atoms in total. The number of carbonyl (C=O) groups excluding carboxylic acids is 1. The van der Waals surface area contributed by atoms with Gasteiger partial charge in [0, 0.05) is 30.6 Å². The number of aromatic amines is 1. The summed E-state index contributed by atoms with van der Waals surface area (Å²) in [5, 5.41) is 13.2. The van der Waals surface area contributed by atoms with Crippen molar-refractivity contribution in [3.63, 3.8) is 0 Å². The van der Waals surface area contributed by atoms with Crippen LogP contribution in [0.4, 0.5) is 11.4 Å². The molecule has 0 aliphatic carbocycles. The molecule has 1 amide bonds. The summed E-state index contributed by atoms with van der Waals surface area (Å²) in [6, 6.07) is 4.83. The molecule has 0 aliphatic heterocycles. The van der Waals surface area contributed by atoms with Crippen molar-refractivity contribution < 1.29 is 9.72 Å². The summed E-state index contributed by atoms with van der Waals surface area (Å²) in [5.41, 5.74) is -0.737. The fourth-order valence-electron chi connectivity index (χ4n) is 1.51. The van der Waals surface area contributed by atoms with Crippen LogP contribution in [0, 0.1) is 10.1 Å². The lowest BCUT2D eigenvalue weighted by atomic mass is 10.2. The van der Waals surface area contributed by atoms with Gasteiger partial charge in [-0.2, -0.15) is 0 Å². The molecule has 2 N–H and O–H groups in total. The number of hydrogen-bond donors (Lipinski definition) is 2. The van der Waals surface area contributed by atoms with E-state index in [0.29, 0.717) is 0 Å². The molecule has 2 rings (SSSR count). The predicted molar refractivity (Wildman–Crippen MR) is 73.1 cm³/mol. The summed E-state index contributed by atoms with van der Waals surface area (Å²) in [5.74, 6) is -0.700. The van der Waals surface area contributed by atoms with E-state index in [1.165, 1.54) is 30.6 Å². The van der Waals surface area contributed by atoms with Gasteiger partial charge in [-0.05, 0) is 6.07 Å². The molecule has 1 aromatic carbocycles. The van der Waals surface area contributed by atoms with Gasteiger partial charge in [-0.3, -0.25) is 19.7 Å². The molecule has 0 bridgehead atoms. The average molecular weight is 294 g/mol. The van der Waals surface area contributed by atoms with Crippen molar-refractivity contribution in [3.05, 3.63) is 67.6 Å². The van der Waals surface area contributed by atoms with Crippen LogP contribution < -0.4 is 10.7 Å². The maximum atomic E-state index is 11.9. The lowest BCUT2D eigenvalue weighted by Crippen LogP contribution is -2.21. The lowest BCUT2D eigenvalue weighted by molar-refractivity contribution is -0.384. The van der Waals surface area contributed by atoms with Crippen LogP contribution >= 0.6 is 11.6 Å². The van der Waals surface area contributed by atoms with Gasteiger partial charge in [0.1, 0.15) is 5.56 Å². The van der Waals surface area contributed by atoms with Crippen LogP contribution in [0.3, 0.4) is 0 Å². The topological polar surface area (TPSA) is 105 Å². The summed E-state index contributed by atoms with van der Waals surface area (Å²) in [4.78, 5) is 36.1. The van der Waals surface area contributed by atoms with Crippen LogP contribution in [-0.4, -0.2) is 15.8 Å². The molecule has 8 heteroatoms. The van der Waals surface area contributed by atoms with E-state index in [2.05, 4.69) is 10.3 Å². The van der Waals surface area contributed by atoms with Gasteiger partial charge in [-0.15, -0.1) is 0 Å². The van der Waals surface area contributed by atoms with Gasteiger partial charge >= 0.3 is 0 Å². The number of nitrogens with one attached hydrogen (secondary N) is 2. The van der Waals surface area contributed by atoms with Crippen molar-refractivity contribution in [1.29, 1.82) is 0 Å². The minimum Gasteiger partial charge on any atom is -0.367 e. The molecular weight excluding hydrogens is 286 g/mol. The third-order valence-corrected chi connectivity index (χ3v) is 2.81. The normalized spacial score (nSPS) is 10.1. The number of benzene rings is 1. The third-order valence-electron chi connectivity index (χ3n) is 2.48. The molecule has 20 heavy (non-hydrogen) atoms. The summed E-state index contributed by atoms with van der Waals surface area (Å²) in [7, 11) is 0. The number of pyridine rings is 1. The first-order chi connectivity index (χ1) is 9.49. The summed E-state index contributed by atoms with van der Waals surface area (Å²) in [6.45, 7) is 0. The Balaban J connectivity index is 2.33. The Labute approximate surface area is 117 Å². The number of anilines is 1. The van der Waals surface area contributed by atoms with Gasteiger partial charge in [0.25, 0.3) is 11.6 Å². The van der Waals surface area contributed by atoms with Crippen LogP contribution in [0.1, 0.15) is 10.4 Å². The molecule has 0 atom stereocenters. The van der Waals surface area contributed by atoms with E-state index in [1.807, 2.05) is 0 Å². The van der Waals surface area contributed by atoms with Crippen LogP contribution in [0.15, 0.2) is 41.5 Å². The Hall–Kier alpha value is -2.67. The second kappa shape index (κ2) is 5.54. The van der Waals surface area contributed by atoms with Crippen molar-refractivity contribution in [2.45, 2.75) is 0 Å². The molecule has 2 aromatic rings. The minimum atomic E-state index is -0.700. The molecule has 1 heterocycles. The Morgan fingerprint density at radius 3 is 2.75 bits per heavy atom. The lowest BCUT2D eigenvalue weighted by Gasteiger charge is -2.06. The van der Waals surface area contributed by atoms with Gasteiger partial charge in [0.15, 0.2) is 5.43 Å². The van der Waals surface area contributed by atoms with Crippen molar-refractivity contribution in [3.8, 4) is 0 Å². The molecule has 1 aromatic heterocycles. The monoisotopic (exact) mass is 293 g/mol. The second-order valence-corrected chi connectivity index (χ2v) is 4.20. The van der Waals surface area contributed by atoms with Crippen LogP contribution in [0.5, 0.6) is 0 Å². The molecule has 0 fully saturated rings. The Kier molecular flexibility index (Phi) is 3.81. The van der Waals surface area contributed by atoms with Crippen molar-refractivity contribution in [2.75, 3.05) is 5.32 Å². The quantitative estimate of drug-likeness (QED) is 0.668. The molecule has 0 saturated carbocycles. The highest BCUT2D eigenvalue weighted by Crippen LogP contribution is 2.26. The molecule has 0 unspecified atom stereocenters. The first-order valence-corrected chi connectivity index (χ1v) is 5.79. The van der Waals surface area contributed by atoms with Gasteiger partial charge in [-0.1, -0.05) is 11.6 Å². The number of halogens is 1. The number of aromatic nitrogens is 1. The van der Waals surface area contributed by atoms with Gasteiger partial charge in [-0.25, -0.2) is 0 Å². The number of hydrogen-bond acceptors (Lipinski definition) is 4. The number of carbonyl (C=O) groups is 1. The smallest absolute Gasteiger partial charge is 0.271 e. The van der Waals surface area contributed by atoms with E-state index in [-0.39, 0.29) is 22.0 Å². The Morgan fingerprint density at radius 2 is 2.10 bits per heavy atom. The van der Waals surface area contributed by atoms with Crippen molar-refractivity contribution >= 4 is 28.9 Å². The Morgan fingerprint density at radius 1 is 1.35 bits per heavy atom. The number of H-pyrrole nitrogens is 1. The van der Waals surface area contributed by atoms with E-state index in [0.717, 1.165) is 6.07 Å². The fourth-order valence-corrected chi connectivity index (χ4v) is 1.67. The molecule has 0 aliphatic rings. The highest BCUT2D eigenvalue weighted by Gasteiger charge is 2.14. The number of rotatable bonds is 3. The number of nitro benzene ring substituents is 1. The molecule has 0 spiro atoms. The summed E-state index contributed by atoms with van der Waals surface area (Å²) < 4.78 is 0. The highest BCUT2D eigenvalue weighted by atomic mass is 35.5. The van der Waals surface area contributed by atoms with Crippen LogP contribution in [-0.2, 0) is 0 Å². The minimum absolute atomic E-state index is 0.0640.